The zero-order valence-corrected chi connectivity index (χ0v) is 12.3. The van der Waals surface area contributed by atoms with Crippen LogP contribution in [0, 0.1) is 11.8 Å². The average Bonchev–Trinajstić information content (AvgIpc) is 3.17. The fraction of sp³-hybridized carbons (Fsp3) is 0.375. The average molecular weight is 314 g/mol. The number of imide groups is 1. The van der Waals surface area contributed by atoms with Gasteiger partial charge in [0.25, 0.3) is 0 Å². The predicted molar refractivity (Wildman–Crippen MR) is 77.1 cm³/mol. The van der Waals surface area contributed by atoms with Gasteiger partial charge in [0.2, 0.25) is 11.8 Å². The Bertz CT molecular complexity index is 731. The Morgan fingerprint density at radius 2 is 2.26 bits per heavy atom. The molecule has 0 aliphatic carbocycles. The molecular formula is C16H14N2O5. The largest absolute Gasteiger partial charge is 0.462 e. The van der Waals surface area contributed by atoms with Crippen LogP contribution in [0.1, 0.15) is 6.92 Å². The summed E-state index contributed by atoms with van der Waals surface area (Å²) in [6.07, 6.45) is 6.09. The predicted octanol–water partition coefficient (Wildman–Crippen LogP) is 0.458. The molecule has 1 aromatic rings. The number of pyridine rings is 1. The van der Waals surface area contributed by atoms with Crippen molar-refractivity contribution < 1.29 is 23.9 Å². The fourth-order valence-corrected chi connectivity index (χ4v) is 3.62. The van der Waals surface area contributed by atoms with Gasteiger partial charge < -0.3 is 9.47 Å². The van der Waals surface area contributed by atoms with Crippen molar-refractivity contribution in [1.82, 2.24) is 4.98 Å². The maximum absolute atomic E-state index is 12.9. The van der Waals surface area contributed by atoms with Crippen molar-refractivity contribution in [2.45, 2.75) is 18.6 Å². The molecule has 7 heteroatoms. The second-order valence-corrected chi connectivity index (χ2v) is 5.90. The van der Waals surface area contributed by atoms with E-state index in [-0.39, 0.29) is 18.4 Å². The molecule has 118 valence electrons. The van der Waals surface area contributed by atoms with Crippen molar-refractivity contribution in [3.05, 3.63) is 36.7 Å². The van der Waals surface area contributed by atoms with E-state index in [4.69, 9.17) is 9.47 Å². The molecule has 3 aliphatic rings. The van der Waals surface area contributed by atoms with Gasteiger partial charge in [0.15, 0.2) is 0 Å². The Kier molecular flexibility index (Phi) is 2.89. The normalized spacial score (nSPS) is 34.1. The molecule has 0 spiro atoms. The summed E-state index contributed by atoms with van der Waals surface area (Å²) in [6, 6.07) is 3.33. The maximum Gasteiger partial charge on any atom is 0.302 e. The van der Waals surface area contributed by atoms with Crippen LogP contribution in [0.5, 0.6) is 0 Å². The van der Waals surface area contributed by atoms with E-state index in [1.165, 1.54) is 13.1 Å². The van der Waals surface area contributed by atoms with Crippen LogP contribution in [0.15, 0.2) is 36.7 Å². The van der Waals surface area contributed by atoms with Crippen molar-refractivity contribution >= 4 is 23.5 Å². The van der Waals surface area contributed by atoms with E-state index in [0.717, 1.165) is 4.90 Å². The highest BCUT2D eigenvalue weighted by Crippen LogP contribution is 2.52. The molecule has 4 rings (SSSR count). The monoisotopic (exact) mass is 314 g/mol. The fourth-order valence-electron chi connectivity index (χ4n) is 3.62. The van der Waals surface area contributed by atoms with E-state index in [9.17, 15) is 14.4 Å². The molecule has 1 aromatic heterocycles. The van der Waals surface area contributed by atoms with Crippen LogP contribution >= 0.6 is 0 Å². The summed E-state index contributed by atoms with van der Waals surface area (Å²) in [5.41, 5.74) is -0.607. The van der Waals surface area contributed by atoms with Gasteiger partial charge in [0.1, 0.15) is 12.2 Å². The number of rotatable bonds is 3. The number of carbonyl (C=O) groups is 3. The van der Waals surface area contributed by atoms with Crippen molar-refractivity contribution in [3.8, 4) is 0 Å². The minimum absolute atomic E-state index is 0.0730. The molecular weight excluding hydrogens is 300 g/mol. The van der Waals surface area contributed by atoms with Gasteiger partial charge in [0.05, 0.1) is 29.8 Å². The number of esters is 1. The number of anilines is 1. The second kappa shape index (κ2) is 4.73. The number of amides is 2. The highest BCUT2D eigenvalue weighted by Gasteiger charge is 2.68. The third-order valence-corrected chi connectivity index (χ3v) is 4.56. The Morgan fingerprint density at radius 3 is 2.96 bits per heavy atom. The van der Waals surface area contributed by atoms with E-state index in [1.54, 1.807) is 30.5 Å². The molecule has 0 N–H and O–H groups in total. The number of aromatic nitrogens is 1. The van der Waals surface area contributed by atoms with Gasteiger partial charge in [-0.1, -0.05) is 6.08 Å². The first kappa shape index (κ1) is 14.1. The smallest absolute Gasteiger partial charge is 0.302 e. The number of fused-ring (bicyclic) bond motifs is 5. The number of hydrogen-bond donors (Lipinski definition) is 0. The Balaban J connectivity index is 1.70. The molecule has 3 aliphatic heterocycles. The molecule has 0 saturated carbocycles. The minimum Gasteiger partial charge on any atom is -0.462 e. The lowest BCUT2D eigenvalue weighted by Gasteiger charge is -2.28. The first-order valence-corrected chi connectivity index (χ1v) is 7.32. The lowest BCUT2D eigenvalue weighted by Crippen LogP contribution is -2.44. The van der Waals surface area contributed by atoms with Crippen molar-refractivity contribution in [3.63, 3.8) is 0 Å². The molecule has 0 radical (unpaired) electrons. The minimum atomic E-state index is -1.05. The van der Waals surface area contributed by atoms with Gasteiger partial charge in [-0.3, -0.25) is 19.4 Å². The molecule has 0 aromatic carbocycles. The summed E-state index contributed by atoms with van der Waals surface area (Å²) < 4.78 is 10.9. The van der Waals surface area contributed by atoms with E-state index < -0.39 is 29.5 Å². The molecule has 2 fully saturated rings. The third-order valence-electron chi connectivity index (χ3n) is 4.56. The van der Waals surface area contributed by atoms with Crippen LogP contribution in [-0.4, -0.2) is 41.1 Å². The first-order valence-electron chi connectivity index (χ1n) is 7.32. The van der Waals surface area contributed by atoms with Crippen molar-refractivity contribution in [2.24, 2.45) is 11.8 Å². The summed E-state index contributed by atoms with van der Waals surface area (Å²) in [5, 5.41) is 0. The van der Waals surface area contributed by atoms with Crippen LogP contribution in [0.2, 0.25) is 0 Å². The van der Waals surface area contributed by atoms with Gasteiger partial charge in [-0.25, -0.2) is 4.90 Å². The molecule has 23 heavy (non-hydrogen) atoms. The van der Waals surface area contributed by atoms with Crippen LogP contribution < -0.4 is 4.90 Å². The Labute approximate surface area is 131 Å². The molecule has 2 amide bonds. The summed E-state index contributed by atoms with van der Waals surface area (Å²) in [6.45, 7) is 1.22. The van der Waals surface area contributed by atoms with Gasteiger partial charge in [-0.15, -0.1) is 0 Å². The zero-order valence-electron chi connectivity index (χ0n) is 12.3. The van der Waals surface area contributed by atoms with E-state index in [1.807, 2.05) is 0 Å². The highest BCUT2D eigenvalue weighted by molar-refractivity contribution is 6.23. The van der Waals surface area contributed by atoms with Crippen molar-refractivity contribution in [2.75, 3.05) is 11.5 Å². The third kappa shape index (κ3) is 1.86. The summed E-state index contributed by atoms with van der Waals surface area (Å²) in [5.74, 6) is -2.35. The number of ether oxygens (including phenoxy) is 2. The van der Waals surface area contributed by atoms with E-state index in [0.29, 0.717) is 5.69 Å². The molecule has 4 unspecified atom stereocenters. The lowest BCUT2D eigenvalue weighted by molar-refractivity contribution is -0.150. The second-order valence-electron chi connectivity index (χ2n) is 5.90. The SMILES string of the molecule is CC(=O)OCC12C=CC(O1)C1C(=O)N(c3cccnc3)C(=O)C12. The first-order chi connectivity index (χ1) is 11.0. The molecule has 2 saturated heterocycles. The highest BCUT2D eigenvalue weighted by atomic mass is 16.6. The number of carbonyl (C=O) groups excluding carboxylic acids is 3. The van der Waals surface area contributed by atoms with Crippen LogP contribution in [0.25, 0.3) is 0 Å². The van der Waals surface area contributed by atoms with E-state index in [2.05, 4.69) is 4.98 Å². The maximum atomic E-state index is 12.9. The quantitative estimate of drug-likeness (QED) is 0.458. The summed E-state index contributed by atoms with van der Waals surface area (Å²) >= 11 is 0. The molecule has 7 nitrogen and oxygen atoms in total. The van der Waals surface area contributed by atoms with Crippen LogP contribution in [0.3, 0.4) is 0 Å². The summed E-state index contributed by atoms with van der Waals surface area (Å²) in [7, 11) is 0. The Morgan fingerprint density at radius 1 is 1.43 bits per heavy atom. The standard InChI is InChI=1S/C16H14N2O5/c1-9(19)22-8-16-5-4-11(23-16)12-13(16)15(21)18(14(12)20)10-3-2-6-17-7-10/h2-7,11-13H,8H2,1H3. The van der Waals surface area contributed by atoms with Gasteiger partial charge in [-0.2, -0.15) is 0 Å². The molecule has 4 atom stereocenters. The number of hydrogen-bond acceptors (Lipinski definition) is 6. The zero-order chi connectivity index (χ0) is 16.2. The van der Waals surface area contributed by atoms with E-state index >= 15 is 0 Å². The van der Waals surface area contributed by atoms with Crippen LogP contribution in [0.4, 0.5) is 5.69 Å². The van der Waals surface area contributed by atoms with Gasteiger partial charge in [0, 0.05) is 13.1 Å². The van der Waals surface area contributed by atoms with Gasteiger partial charge in [-0.05, 0) is 18.2 Å². The molecule has 4 heterocycles. The summed E-state index contributed by atoms with van der Waals surface area (Å²) in [4.78, 5) is 41.8. The van der Waals surface area contributed by atoms with Gasteiger partial charge >= 0.3 is 5.97 Å². The molecule has 2 bridgehead atoms. The van der Waals surface area contributed by atoms with Crippen LogP contribution in [-0.2, 0) is 23.9 Å². The number of nitrogens with zero attached hydrogens (tertiary/aromatic N) is 2. The van der Waals surface area contributed by atoms with Crippen molar-refractivity contribution in [1.29, 1.82) is 0 Å². The lowest BCUT2D eigenvalue weighted by atomic mass is 9.77. The Hall–Kier alpha value is -2.54. The topological polar surface area (TPSA) is 85.8 Å².